The average Bonchev–Trinajstić information content (AvgIpc) is 2.48. The number of likely N-dealkylation sites (tertiary alicyclic amines) is 1. The van der Waals surface area contributed by atoms with Gasteiger partial charge in [-0.2, -0.15) is 0 Å². The summed E-state index contributed by atoms with van der Waals surface area (Å²) in [6, 6.07) is 0. The van der Waals surface area contributed by atoms with Crippen molar-refractivity contribution in [3.8, 4) is 0 Å². The van der Waals surface area contributed by atoms with E-state index in [4.69, 9.17) is 4.74 Å². The highest BCUT2D eigenvalue weighted by Gasteiger charge is 2.22. The van der Waals surface area contributed by atoms with Gasteiger partial charge in [0.1, 0.15) is 0 Å². The first-order valence-corrected chi connectivity index (χ1v) is 8.21. The Bertz CT molecular complexity index is 339. The molecule has 0 aromatic heterocycles. The normalized spacial score (nSPS) is 21.1. The van der Waals surface area contributed by atoms with Gasteiger partial charge in [0.25, 0.3) is 0 Å². The Morgan fingerprint density at radius 3 is 2.05 bits per heavy atom. The lowest BCUT2D eigenvalue weighted by atomic mass is 10.1. The van der Waals surface area contributed by atoms with Crippen molar-refractivity contribution in [2.45, 2.75) is 18.9 Å². The van der Waals surface area contributed by atoms with Crippen LogP contribution in [0, 0.1) is 0 Å². The van der Waals surface area contributed by atoms with E-state index in [2.05, 4.69) is 0 Å². The number of rotatable bonds is 4. The van der Waals surface area contributed by atoms with E-state index in [1.165, 1.54) is 11.8 Å². The molecule has 0 aliphatic carbocycles. The molecule has 2 amide bonds. The molecule has 0 atom stereocenters. The van der Waals surface area contributed by atoms with Crippen LogP contribution in [0.25, 0.3) is 0 Å². The highest BCUT2D eigenvalue weighted by atomic mass is 32.2. The Hall–Kier alpha value is -0.790. The molecule has 2 heterocycles. The summed E-state index contributed by atoms with van der Waals surface area (Å²) in [5.41, 5.74) is 0. The molecule has 2 rings (SSSR count). The summed E-state index contributed by atoms with van der Waals surface area (Å²) >= 11 is 1.37. The quantitative estimate of drug-likeness (QED) is 0.762. The highest BCUT2D eigenvalue weighted by Crippen LogP contribution is 2.12. The first-order valence-electron chi connectivity index (χ1n) is 7.06. The van der Waals surface area contributed by atoms with E-state index < -0.39 is 0 Å². The fourth-order valence-corrected chi connectivity index (χ4v) is 3.15. The number of piperidine rings is 1. The van der Waals surface area contributed by atoms with Gasteiger partial charge < -0.3 is 19.6 Å². The van der Waals surface area contributed by atoms with Gasteiger partial charge >= 0.3 is 0 Å². The van der Waals surface area contributed by atoms with E-state index in [1.807, 2.05) is 0 Å². The monoisotopic (exact) mass is 302 g/mol. The maximum atomic E-state index is 11.9. The molecule has 0 bridgehead atoms. The molecule has 0 radical (unpaired) electrons. The minimum atomic E-state index is -0.269. The lowest BCUT2D eigenvalue weighted by Crippen LogP contribution is -2.42. The van der Waals surface area contributed by atoms with Gasteiger partial charge in [-0.25, -0.2) is 0 Å². The second kappa shape index (κ2) is 7.85. The molecule has 6 nitrogen and oxygen atoms in total. The van der Waals surface area contributed by atoms with Gasteiger partial charge in [0.15, 0.2) is 0 Å². The summed E-state index contributed by atoms with van der Waals surface area (Å²) in [5, 5.41) is 9.40. The second-order valence-corrected chi connectivity index (χ2v) is 6.08. The first kappa shape index (κ1) is 15.6. The Balaban J connectivity index is 1.62. The Morgan fingerprint density at radius 1 is 1.00 bits per heavy atom. The fourth-order valence-electron chi connectivity index (χ4n) is 2.34. The zero-order chi connectivity index (χ0) is 14.4. The molecule has 2 aliphatic rings. The standard InChI is InChI=1S/C13H22N2O4S/c16-11-1-3-14(4-2-11)12(17)9-20-10-13(18)15-5-7-19-8-6-15/h11,16H,1-10H2. The molecule has 20 heavy (non-hydrogen) atoms. The van der Waals surface area contributed by atoms with Crippen molar-refractivity contribution in [1.29, 1.82) is 0 Å². The number of nitrogens with zero attached hydrogens (tertiary/aromatic N) is 2. The van der Waals surface area contributed by atoms with Gasteiger partial charge in [0, 0.05) is 26.2 Å². The van der Waals surface area contributed by atoms with Gasteiger partial charge in [-0.1, -0.05) is 0 Å². The number of ether oxygens (including phenoxy) is 1. The summed E-state index contributed by atoms with van der Waals surface area (Å²) in [7, 11) is 0. The maximum Gasteiger partial charge on any atom is 0.232 e. The van der Waals surface area contributed by atoms with Gasteiger partial charge in [-0.05, 0) is 12.8 Å². The van der Waals surface area contributed by atoms with Crippen LogP contribution < -0.4 is 0 Å². The summed E-state index contributed by atoms with van der Waals surface area (Å²) in [6.07, 6.45) is 1.04. The number of aliphatic hydroxyl groups excluding tert-OH is 1. The molecular weight excluding hydrogens is 280 g/mol. The smallest absolute Gasteiger partial charge is 0.232 e. The van der Waals surface area contributed by atoms with Crippen LogP contribution in [0.5, 0.6) is 0 Å². The topological polar surface area (TPSA) is 70.1 Å². The van der Waals surface area contributed by atoms with Crippen LogP contribution in [0.2, 0.25) is 0 Å². The third kappa shape index (κ3) is 4.64. The van der Waals surface area contributed by atoms with Crippen LogP contribution >= 0.6 is 11.8 Å². The molecule has 0 unspecified atom stereocenters. The number of carbonyl (C=O) groups is 2. The van der Waals surface area contributed by atoms with E-state index in [0.717, 1.165) is 0 Å². The van der Waals surface area contributed by atoms with Crippen molar-refractivity contribution in [2.75, 3.05) is 50.9 Å². The van der Waals surface area contributed by atoms with Crippen molar-refractivity contribution in [1.82, 2.24) is 9.80 Å². The molecule has 0 saturated carbocycles. The Labute approximate surface area is 123 Å². The number of hydrogen-bond donors (Lipinski definition) is 1. The Kier molecular flexibility index (Phi) is 6.12. The molecule has 114 valence electrons. The molecule has 0 aromatic rings. The SMILES string of the molecule is O=C(CSCC(=O)N1CCC(O)CC1)N1CCOCC1. The lowest BCUT2D eigenvalue weighted by molar-refractivity contribution is -0.132. The highest BCUT2D eigenvalue weighted by molar-refractivity contribution is 8.00. The first-order chi connectivity index (χ1) is 9.66. The van der Waals surface area contributed by atoms with Gasteiger partial charge in [0.2, 0.25) is 11.8 Å². The third-order valence-corrected chi connectivity index (χ3v) is 4.53. The van der Waals surface area contributed by atoms with Crippen molar-refractivity contribution in [3.63, 3.8) is 0 Å². The molecule has 2 fully saturated rings. The molecule has 0 spiro atoms. The number of aliphatic hydroxyl groups is 1. The number of carbonyl (C=O) groups excluding carboxylic acids is 2. The number of thioether (sulfide) groups is 1. The molecular formula is C13H22N2O4S. The lowest BCUT2D eigenvalue weighted by Gasteiger charge is -2.29. The predicted octanol–water partition coefficient (Wildman–Crippen LogP) is -0.438. The van der Waals surface area contributed by atoms with Gasteiger partial charge in [0.05, 0.1) is 30.8 Å². The molecule has 0 aromatic carbocycles. The summed E-state index contributed by atoms with van der Waals surface area (Å²) < 4.78 is 5.20. The average molecular weight is 302 g/mol. The third-order valence-electron chi connectivity index (χ3n) is 3.63. The van der Waals surface area contributed by atoms with Crippen LogP contribution in [0.3, 0.4) is 0 Å². The largest absolute Gasteiger partial charge is 0.393 e. The molecule has 7 heteroatoms. The minimum absolute atomic E-state index is 0.0664. The number of morpholine rings is 1. The summed E-state index contributed by atoms with van der Waals surface area (Å²) in [6.45, 7) is 3.75. The zero-order valence-electron chi connectivity index (χ0n) is 11.6. The van der Waals surface area contributed by atoms with E-state index in [0.29, 0.717) is 63.7 Å². The van der Waals surface area contributed by atoms with E-state index in [1.54, 1.807) is 9.80 Å². The predicted molar refractivity (Wildman–Crippen MR) is 76.5 cm³/mol. The van der Waals surface area contributed by atoms with Crippen LogP contribution in [0.1, 0.15) is 12.8 Å². The zero-order valence-corrected chi connectivity index (χ0v) is 12.4. The van der Waals surface area contributed by atoms with Crippen molar-refractivity contribution in [2.24, 2.45) is 0 Å². The van der Waals surface area contributed by atoms with Gasteiger partial charge in [-0.15, -0.1) is 11.8 Å². The van der Waals surface area contributed by atoms with E-state index in [-0.39, 0.29) is 17.9 Å². The van der Waals surface area contributed by atoms with Crippen LogP contribution in [-0.4, -0.2) is 83.7 Å². The van der Waals surface area contributed by atoms with Crippen LogP contribution in [0.4, 0.5) is 0 Å². The maximum absolute atomic E-state index is 11.9. The molecule has 1 N–H and O–H groups in total. The van der Waals surface area contributed by atoms with Crippen molar-refractivity contribution in [3.05, 3.63) is 0 Å². The van der Waals surface area contributed by atoms with Crippen molar-refractivity contribution < 1.29 is 19.4 Å². The summed E-state index contributed by atoms with van der Waals surface area (Å²) in [5.74, 6) is 0.839. The van der Waals surface area contributed by atoms with Gasteiger partial charge in [-0.3, -0.25) is 9.59 Å². The van der Waals surface area contributed by atoms with E-state index >= 15 is 0 Å². The number of hydrogen-bond acceptors (Lipinski definition) is 5. The van der Waals surface area contributed by atoms with Crippen molar-refractivity contribution >= 4 is 23.6 Å². The minimum Gasteiger partial charge on any atom is -0.393 e. The second-order valence-electron chi connectivity index (χ2n) is 5.10. The Morgan fingerprint density at radius 2 is 1.50 bits per heavy atom. The molecule has 2 saturated heterocycles. The molecule has 2 aliphatic heterocycles. The fraction of sp³-hybridized carbons (Fsp3) is 0.846. The number of amides is 2. The van der Waals surface area contributed by atoms with E-state index in [9.17, 15) is 14.7 Å². The van der Waals surface area contributed by atoms with Crippen LogP contribution in [-0.2, 0) is 14.3 Å². The summed E-state index contributed by atoms with van der Waals surface area (Å²) in [4.78, 5) is 27.4. The van der Waals surface area contributed by atoms with Crippen LogP contribution in [0.15, 0.2) is 0 Å².